The minimum Gasteiger partial charge on any atom is -0.452 e. The van der Waals surface area contributed by atoms with Crippen LogP contribution < -0.4 is 0 Å². The van der Waals surface area contributed by atoms with Crippen LogP contribution in [0.1, 0.15) is 72.5 Å². The number of benzene rings is 1. The number of Topliss-reactive ketones (excluding diaryl/α,β-unsaturated/α-hetero) is 1. The van der Waals surface area contributed by atoms with Gasteiger partial charge in [0.05, 0.1) is 6.61 Å². The van der Waals surface area contributed by atoms with E-state index in [0.29, 0.717) is 18.6 Å². The molecule has 0 spiro atoms. The predicted molar refractivity (Wildman–Crippen MR) is 141 cm³/mol. The van der Waals surface area contributed by atoms with E-state index in [4.69, 9.17) is 13.9 Å². The molecule has 0 saturated carbocycles. The van der Waals surface area contributed by atoms with Crippen molar-refractivity contribution in [2.45, 2.75) is 91.1 Å². The molecule has 0 unspecified atom stereocenters. The van der Waals surface area contributed by atoms with Crippen LogP contribution >= 0.6 is 0 Å². The Morgan fingerprint density at radius 1 is 1.00 bits per heavy atom. The molecule has 2 atom stereocenters. The van der Waals surface area contributed by atoms with Crippen LogP contribution in [0, 0.1) is 0 Å². The van der Waals surface area contributed by atoms with Crippen molar-refractivity contribution in [3.63, 3.8) is 0 Å². The molecule has 190 valence electrons. The molecule has 0 heterocycles. The lowest BCUT2D eigenvalue weighted by atomic mass is 10.1. The van der Waals surface area contributed by atoms with E-state index >= 15 is 0 Å². The van der Waals surface area contributed by atoms with Crippen molar-refractivity contribution in [1.29, 1.82) is 0 Å². The Balaban J connectivity index is 2.61. The molecule has 34 heavy (non-hydrogen) atoms. The Hall–Kier alpha value is -2.02. The summed E-state index contributed by atoms with van der Waals surface area (Å²) < 4.78 is 17.1. The zero-order valence-electron chi connectivity index (χ0n) is 22.6. The second-order valence-electron chi connectivity index (χ2n) is 10.5. The topological polar surface area (TPSA) is 61.8 Å². The fraction of sp³-hybridized carbons (Fsp3) is 0.571. The highest BCUT2D eigenvalue weighted by atomic mass is 28.4. The van der Waals surface area contributed by atoms with Gasteiger partial charge in [0.25, 0.3) is 0 Å². The third kappa shape index (κ3) is 10.1. The lowest BCUT2D eigenvalue weighted by Gasteiger charge is -2.36. The SMILES string of the molecule is CO[C@@H](C(=O)O[C@@H](C/C=C(/C)CC/C=C(\C)CO[Si](C)(C)C(C)(C)C)C(C)=O)c1ccccc1. The van der Waals surface area contributed by atoms with Gasteiger partial charge in [0.1, 0.15) is 0 Å². The molecule has 0 aromatic heterocycles. The van der Waals surface area contributed by atoms with Gasteiger partial charge in [-0.1, -0.05) is 74.4 Å². The van der Waals surface area contributed by atoms with Crippen LogP contribution in [0.25, 0.3) is 0 Å². The zero-order valence-corrected chi connectivity index (χ0v) is 23.6. The number of carbonyl (C=O) groups is 2. The van der Waals surface area contributed by atoms with E-state index in [-0.39, 0.29) is 10.8 Å². The van der Waals surface area contributed by atoms with Gasteiger partial charge in [0, 0.05) is 13.5 Å². The Labute approximate surface area is 207 Å². The summed E-state index contributed by atoms with van der Waals surface area (Å²) in [6, 6.07) is 9.13. The van der Waals surface area contributed by atoms with Crippen LogP contribution in [0.15, 0.2) is 53.6 Å². The van der Waals surface area contributed by atoms with Crippen molar-refractivity contribution in [2.24, 2.45) is 0 Å². The smallest absolute Gasteiger partial charge is 0.340 e. The number of esters is 1. The Morgan fingerprint density at radius 2 is 1.62 bits per heavy atom. The Morgan fingerprint density at radius 3 is 2.15 bits per heavy atom. The van der Waals surface area contributed by atoms with E-state index in [1.165, 1.54) is 19.6 Å². The minimum absolute atomic E-state index is 0.182. The van der Waals surface area contributed by atoms with Gasteiger partial charge in [-0.15, -0.1) is 0 Å². The molecule has 0 saturated heterocycles. The number of ether oxygens (including phenoxy) is 2. The number of ketones is 1. The first-order valence-electron chi connectivity index (χ1n) is 12.0. The number of allylic oxidation sites excluding steroid dienone is 2. The minimum atomic E-state index is -1.75. The number of carbonyl (C=O) groups excluding carboxylic acids is 2. The van der Waals surface area contributed by atoms with E-state index in [1.807, 2.05) is 31.2 Å². The van der Waals surface area contributed by atoms with E-state index in [2.05, 4.69) is 46.9 Å². The third-order valence-electron chi connectivity index (χ3n) is 6.44. The average molecular weight is 489 g/mol. The van der Waals surface area contributed by atoms with Crippen molar-refractivity contribution in [1.82, 2.24) is 0 Å². The maximum absolute atomic E-state index is 12.6. The van der Waals surface area contributed by atoms with Gasteiger partial charge in [-0.25, -0.2) is 4.79 Å². The monoisotopic (exact) mass is 488 g/mol. The summed E-state index contributed by atoms with van der Waals surface area (Å²) in [6.45, 7) is 17.5. The molecule has 0 amide bonds. The molecule has 0 N–H and O–H groups in total. The molecule has 1 aromatic carbocycles. The fourth-order valence-corrected chi connectivity index (χ4v) is 4.04. The van der Waals surface area contributed by atoms with Gasteiger partial charge < -0.3 is 13.9 Å². The van der Waals surface area contributed by atoms with E-state index in [9.17, 15) is 9.59 Å². The lowest BCUT2D eigenvalue weighted by Crippen LogP contribution is -2.41. The molecule has 0 aliphatic heterocycles. The summed E-state index contributed by atoms with van der Waals surface area (Å²) >= 11 is 0. The van der Waals surface area contributed by atoms with Crippen LogP contribution in [0.5, 0.6) is 0 Å². The van der Waals surface area contributed by atoms with Crippen molar-refractivity contribution >= 4 is 20.1 Å². The molecular formula is C28H44O5Si. The summed E-state index contributed by atoms with van der Waals surface area (Å²) in [5.74, 6) is -0.737. The fourth-order valence-electron chi connectivity index (χ4n) is 3.02. The number of hydrogen-bond donors (Lipinski definition) is 0. The van der Waals surface area contributed by atoms with Crippen molar-refractivity contribution in [2.75, 3.05) is 13.7 Å². The summed E-state index contributed by atoms with van der Waals surface area (Å²) in [5, 5.41) is 0.202. The third-order valence-corrected chi connectivity index (χ3v) is 10.9. The number of rotatable bonds is 13. The van der Waals surface area contributed by atoms with Crippen molar-refractivity contribution in [3.05, 3.63) is 59.2 Å². The van der Waals surface area contributed by atoms with Gasteiger partial charge in [0.2, 0.25) is 0 Å². The molecule has 0 aliphatic carbocycles. The van der Waals surface area contributed by atoms with Crippen molar-refractivity contribution < 1.29 is 23.5 Å². The first-order chi connectivity index (χ1) is 15.8. The predicted octanol–water partition coefficient (Wildman–Crippen LogP) is 6.96. The standard InChI is InChI=1S/C28H44O5Si/c1-21(14-13-15-22(2)20-32-34(8,9)28(4,5)6)18-19-25(23(3)29)33-27(30)26(31-7)24-16-11-10-12-17-24/h10-12,15-18,25-26H,13-14,19-20H2,1-9H3/b21-18-,22-15+/t25-,26+/m0/s1. The van der Waals surface area contributed by atoms with Crippen LogP contribution in [-0.2, 0) is 23.5 Å². The lowest BCUT2D eigenvalue weighted by molar-refractivity contribution is -0.164. The molecule has 1 rings (SSSR count). The number of hydrogen-bond acceptors (Lipinski definition) is 5. The molecule has 5 nitrogen and oxygen atoms in total. The van der Waals surface area contributed by atoms with Gasteiger partial charge in [-0.2, -0.15) is 0 Å². The second-order valence-corrected chi connectivity index (χ2v) is 15.3. The molecule has 6 heteroatoms. The Bertz CT molecular complexity index is 849. The second kappa shape index (κ2) is 13.8. The van der Waals surface area contributed by atoms with Crippen LogP contribution in [0.4, 0.5) is 0 Å². The molecule has 1 aromatic rings. The van der Waals surface area contributed by atoms with E-state index in [0.717, 1.165) is 18.4 Å². The maximum Gasteiger partial charge on any atom is 0.340 e. The largest absolute Gasteiger partial charge is 0.452 e. The van der Waals surface area contributed by atoms with E-state index in [1.54, 1.807) is 12.1 Å². The number of methoxy groups -OCH3 is 1. The Kier molecular flexibility index (Phi) is 12.1. The molecule has 0 bridgehead atoms. The van der Waals surface area contributed by atoms with Gasteiger partial charge >= 0.3 is 5.97 Å². The maximum atomic E-state index is 12.6. The summed E-state index contributed by atoms with van der Waals surface area (Å²) in [4.78, 5) is 24.7. The van der Waals surface area contributed by atoms with Gasteiger partial charge in [-0.3, -0.25) is 4.79 Å². The van der Waals surface area contributed by atoms with Crippen LogP contribution in [0.2, 0.25) is 18.1 Å². The van der Waals surface area contributed by atoms with E-state index < -0.39 is 26.5 Å². The molecule has 0 fully saturated rings. The molecule has 0 aliphatic rings. The summed E-state index contributed by atoms with van der Waals surface area (Å²) in [5.41, 5.74) is 3.09. The van der Waals surface area contributed by atoms with Crippen LogP contribution in [0.3, 0.4) is 0 Å². The average Bonchev–Trinajstić information content (AvgIpc) is 2.75. The highest BCUT2D eigenvalue weighted by Gasteiger charge is 2.37. The first-order valence-corrected chi connectivity index (χ1v) is 14.9. The molecule has 0 radical (unpaired) electrons. The normalized spacial score (nSPS) is 15.1. The first kappa shape index (κ1) is 30.0. The van der Waals surface area contributed by atoms with Crippen LogP contribution in [-0.4, -0.2) is 39.9 Å². The summed E-state index contributed by atoms with van der Waals surface area (Å²) in [7, 11) is -0.289. The van der Waals surface area contributed by atoms with Crippen molar-refractivity contribution in [3.8, 4) is 0 Å². The van der Waals surface area contributed by atoms with Gasteiger partial charge in [0.15, 0.2) is 26.3 Å². The quantitative estimate of drug-likeness (QED) is 0.171. The highest BCUT2D eigenvalue weighted by Crippen LogP contribution is 2.36. The summed E-state index contributed by atoms with van der Waals surface area (Å²) in [6.07, 6.45) is 4.67. The van der Waals surface area contributed by atoms with Gasteiger partial charge in [-0.05, 0) is 57.3 Å². The zero-order chi connectivity index (χ0) is 25.9. The highest BCUT2D eigenvalue weighted by molar-refractivity contribution is 6.74. The molecular weight excluding hydrogens is 444 g/mol.